The molecule has 0 aromatic heterocycles. The molecular formula is C15H15FN2O3. The summed E-state index contributed by atoms with van der Waals surface area (Å²) < 4.78 is 18.7. The van der Waals surface area contributed by atoms with Crippen molar-refractivity contribution in [1.82, 2.24) is 0 Å². The van der Waals surface area contributed by atoms with Gasteiger partial charge in [-0.3, -0.25) is 0 Å². The fraction of sp³-hybridized carbons (Fsp3) is 0.133. The van der Waals surface area contributed by atoms with Gasteiger partial charge in [-0.15, -0.1) is 0 Å². The topological polar surface area (TPSA) is 84.6 Å². The van der Waals surface area contributed by atoms with Gasteiger partial charge in [-0.2, -0.15) is 0 Å². The van der Waals surface area contributed by atoms with Crippen LogP contribution in [0.4, 0.5) is 21.5 Å². The van der Waals surface area contributed by atoms with Crippen LogP contribution in [0.3, 0.4) is 0 Å². The van der Waals surface area contributed by atoms with Crippen LogP contribution in [0, 0.1) is 5.82 Å². The first-order valence-electron chi connectivity index (χ1n) is 6.34. The van der Waals surface area contributed by atoms with E-state index in [0.29, 0.717) is 18.0 Å². The minimum atomic E-state index is -1.29. The maximum atomic E-state index is 13.4. The normalized spacial score (nSPS) is 10.2. The van der Waals surface area contributed by atoms with Gasteiger partial charge >= 0.3 is 5.97 Å². The number of hydrogen-bond acceptors (Lipinski definition) is 4. The zero-order valence-corrected chi connectivity index (χ0v) is 11.4. The fourth-order valence-corrected chi connectivity index (χ4v) is 1.89. The van der Waals surface area contributed by atoms with Gasteiger partial charge < -0.3 is 20.9 Å². The molecule has 110 valence electrons. The Morgan fingerprint density at radius 1 is 1.29 bits per heavy atom. The minimum Gasteiger partial charge on any atom is -0.494 e. The predicted octanol–water partition coefficient (Wildman–Crippen LogP) is 3.25. The Kier molecular flexibility index (Phi) is 4.27. The molecule has 0 atom stereocenters. The van der Waals surface area contributed by atoms with Gasteiger partial charge in [-0.05, 0) is 43.3 Å². The van der Waals surface area contributed by atoms with E-state index in [9.17, 15) is 9.18 Å². The number of nitrogens with two attached hydrogens (primary N) is 1. The maximum Gasteiger partial charge on any atom is 0.340 e. The van der Waals surface area contributed by atoms with E-state index in [1.165, 1.54) is 6.07 Å². The number of nitrogens with one attached hydrogen (secondary N) is 1. The van der Waals surface area contributed by atoms with Crippen LogP contribution in [0.5, 0.6) is 5.75 Å². The molecule has 0 radical (unpaired) electrons. The molecule has 0 fully saturated rings. The molecule has 0 aliphatic rings. The van der Waals surface area contributed by atoms with E-state index >= 15 is 0 Å². The number of nitrogen functional groups attached to an aromatic ring is 1. The standard InChI is InChI=1S/C15H15FN2O3/c1-2-21-10-5-3-9(4-6-10)18-12-8-7-11(16)14(17)13(12)15(19)20/h3-8,18H,2,17H2,1H3,(H,19,20). The van der Waals surface area contributed by atoms with Crippen molar-refractivity contribution < 1.29 is 19.0 Å². The van der Waals surface area contributed by atoms with Crippen LogP contribution in [0.2, 0.25) is 0 Å². The Balaban J connectivity index is 2.31. The molecule has 5 nitrogen and oxygen atoms in total. The van der Waals surface area contributed by atoms with Crippen molar-refractivity contribution in [2.75, 3.05) is 17.7 Å². The molecule has 6 heteroatoms. The van der Waals surface area contributed by atoms with Crippen molar-refractivity contribution in [1.29, 1.82) is 0 Å². The summed E-state index contributed by atoms with van der Waals surface area (Å²) in [6.07, 6.45) is 0. The molecule has 0 heterocycles. The van der Waals surface area contributed by atoms with Gasteiger partial charge in [0.2, 0.25) is 0 Å². The Labute approximate surface area is 121 Å². The van der Waals surface area contributed by atoms with E-state index in [2.05, 4.69) is 5.32 Å². The summed E-state index contributed by atoms with van der Waals surface area (Å²) in [4.78, 5) is 11.2. The third-order valence-corrected chi connectivity index (χ3v) is 2.85. The summed E-state index contributed by atoms with van der Waals surface area (Å²) >= 11 is 0. The molecule has 2 aromatic rings. The molecule has 2 rings (SSSR count). The molecule has 0 aliphatic carbocycles. The van der Waals surface area contributed by atoms with E-state index in [1.54, 1.807) is 24.3 Å². The number of hydrogen-bond donors (Lipinski definition) is 3. The SMILES string of the molecule is CCOc1ccc(Nc2ccc(F)c(N)c2C(=O)O)cc1. The summed E-state index contributed by atoms with van der Waals surface area (Å²) in [6.45, 7) is 2.44. The van der Waals surface area contributed by atoms with Gasteiger partial charge in [0.25, 0.3) is 0 Å². The van der Waals surface area contributed by atoms with Crippen LogP contribution in [0.15, 0.2) is 36.4 Å². The Hall–Kier alpha value is -2.76. The van der Waals surface area contributed by atoms with Crippen molar-refractivity contribution in [3.05, 3.63) is 47.8 Å². The highest BCUT2D eigenvalue weighted by molar-refractivity contribution is 6.00. The molecule has 0 spiro atoms. The summed E-state index contributed by atoms with van der Waals surface area (Å²) in [5.41, 5.74) is 5.68. The minimum absolute atomic E-state index is 0.227. The first-order chi connectivity index (χ1) is 10.0. The molecule has 4 N–H and O–H groups in total. The summed E-state index contributed by atoms with van der Waals surface area (Å²) in [5.74, 6) is -1.34. The number of benzene rings is 2. The number of carboxylic acid groups (broad SMARTS) is 1. The lowest BCUT2D eigenvalue weighted by Gasteiger charge is -2.12. The number of anilines is 3. The smallest absolute Gasteiger partial charge is 0.340 e. The highest BCUT2D eigenvalue weighted by Gasteiger charge is 2.17. The lowest BCUT2D eigenvalue weighted by atomic mass is 10.1. The zero-order chi connectivity index (χ0) is 15.4. The number of ether oxygens (including phenoxy) is 1. The molecule has 0 aliphatic heterocycles. The molecule has 2 aromatic carbocycles. The van der Waals surface area contributed by atoms with Crippen molar-refractivity contribution >= 4 is 23.0 Å². The number of aromatic carboxylic acids is 1. The predicted molar refractivity (Wildman–Crippen MR) is 78.7 cm³/mol. The number of halogens is 1. The van der Waals surface area contributed by atoms with E-state index < -0.39 is 17.5 Å². The number of carboxylic acids is 1. The lowest BCUT2D eigenvalue weighted by Crippen LogP contribution is -2.08. The van der Waals surface area contributed by atoms with Gasteiger partial charge in [-0.25, -0.2) is 9.18 Å². The van der Waals surface area contributed by atoms with Crippen molar-refractivity contribution in [3.63, 3.8) is 0 Å². The van der Waals surface area contributed by atoms with Crippen LogP contribution in [-0.4, -0.2) is 17.7 Å². The van der Waals surface area contributed by atoms with E-state index in [1.807, 2.05) is 6.92 Å². The Bertz CT molecular complexity index is 657. The first kappa shape index (κ1) is 14.6. The van der Waals surface area contributed by atoms with Gasteiger partial charge in [0.05, 0.1) is 18.0 Å². The van der Waals surface area contributed by atoms with Gasteiger partial charge in [0.1, 0.15) is 17.1 Å². The van der Waals surface area contributed by atoms with Crippen molar-refractivity contribution in [3.8, 4) is 5.75 Å². The summed E-state index contributed by atoms with van der Waals surface area (Å²) in [5, 5.41) is 12.1. The van der Waals surface area contributed by atoms with E-state index in [4.69, 9.17) is 15.6 Å². The Morgan fingerprint density at radius 2 is 1.95 bits per heavy atom. The second-order valence-corrected chi connectivity index (χ2v) is 4.27. The quantitative estimate of drug-likeness (QED) is 0.736. The highest BCUT2D eigenvalue weighted by atomic mass is 19.1. The summed E-state index contributed by atoms with van der Waals surface area (Å²) in [7, 11) is 0. The van der Waals surface area contributed by atoms with Gasteiger partial charge in [-0.1, -0.05) is 0 Å². The van der Waals surface area contributed by atoms with Crippen LogP contribution in [0.25, 0.3) is 0 Å². The monoisotopic (exact) mass is 290 g/mol. The number of carbonyl (C=O) groups is 1. The van der Waals surface area contributed by atoms with Crippen LogP contribution >= 0.6 is 0 Å². The molecule has 0 amide bonds. The van der Waals surface area contributed by atoms with Gasteiger partial charge in [0.15, 0.2) is 0 Å². The lowest BCUT2D eigenvalue weighted by molar-refractivity contribution is 0.0698. The molecule has 21 heavy (non-hydrogen) atoms. The maximum absolute atomic E-state index is 13.4. The second kappa shape index (κ2) is 6.13. The second-order valence-electron chi connectivity index (χ2n) is 4.27. The van der Waals surface area contributed by atoms with Crippen LogP contribution in [0.1, 0.15) is 17.3 Å². The van der Waals surface area contributed by atoms with Crippen LogP contribution < -0.4 is 15.8 Å². The fourth-order valence-electron chi connectivity index (χ4n) is 1.89. The molecule has 0 unspecified atom stereocenters. The van der Waals surface area contributed by atoms with Gasteiger partial charge in [0, 0.05) is 5.69 Å². The summed E-state index contributed by atoms with van der Waals surface area (Å²) in [6, 6.07) is 9.43. The molecule has 0 bridgehead atoms. The highest BCUT2D eigenvalue weighted by Crippen LogP contribution is 2.28. The van der Waals surface area contributed by atoms with Crippen LogP contribution in [-0.2, 0) is 0 Å². The van der Waals surface area contributed by atoms with E-state index in [-0.39, 0.29) is 11.3 Å². The van der Waals surface area contributed by atoms with E-state index in [0.717, 1.165) is 6.07 Å². The average molecular weight is 290 g/mol. The molecular weight excluding hydrogens is 275 g/mol. The third kappa shape index (κ3) is 3.22. The first-order valence-corrected chi connectivity index (χ1v) is 6.34. The molecule has 0 saturated heterocycles. The largest absolute Gasteiger partial charge is 0.494 e. The molecule has 0 saturated carbocycles. The Morgan fingerprint density at radius 3 is 2.52 bits per heavy atom. The average Bonchev–Trinajstić information content (AvgIpc) is 2.45. The van der Waals surface area contributed by atoms with Crippen molar-refractivity contribution in [2.24, 2.45) is 0 Å². The number of rotatable bonds is 5. The third-order valence-electron chi connectivity index (χ3n) is 2.85. The zero-order valence-electron chi connectivity index (χ0n) is 11.4. The van der Waals surface area contributed by atoms with Crippen molar-refractivity contribution in [2.45, 2.75) is 6.92 Å².